The number of nitrogens with zero attached hydrogens (tertiary/aromatic N) is 2. The molecule has 0 saturated heterocycles. The van der Waals surface area contributed by atoms with E-state index in [0.717, 1.165) is 31.6 Å². The number of hydrogen-bond donors (Lipinski definition) is 0. The summed E-state index contributed by atoms with van der Waals surface area (Å²) < 4.78 is 0. The maximum absolute atomic E-state index is 12.4. The summed E-state index contributed by atoms with van der Waals surface area (Å²) in [6.07, 6.45) is 2.64. The molecule has 0 spiro atoms. The normalized spacial score (nSPS) is 15.0. The number of aryl methyl sites for hydroxylation is 1. The molecule has 0 unspecified atom stereocenters. The minimum atomic E-state index is 0. The van der Waals surface area contributed by atoms with Gasteiger partial charge in [0.1, 0.15) is 0 Å². The minimum absolute atomic E-state index is 0. The lowest BCUT2D eigenvalue weighted by atomic mass is 10.1. The van der Waals surface area contributed by atoms with Gasteiger partial charge in [0.15, 0.2) is 0 Å². The lowest BCUT2D eigenvalue weighted by molar-refractivity contribution is -0.118. The van der Waals surface area contributed by atoms with Gasteiger partial charge in [0.2, 0.25) is 5.91 Å². The van der Waals surface area contributed by atoms with Crippen LogP contribution in [0.5, 0.6) is 0 Å². The van der Waals surface area contributed by atoms with Gasteiger partial charge in [-0.3, -0.25) is 9.69 Å². The fraction of sp³-hybridized carbons (Fsp3) is 0.611. The molecule has 1 aliphatic heterocycles. The van der Waals surface area contributed by atoms with Crippen LogP contribution in [0.25, 0.3) is 0 Å². The van der Waals surface area contributed by atoms with Crippen LogP contribution < -0.4 is 4.90 Å². The Morgan fingerprint density at radius 3 is 2.36 bits per heavy atom. The van der Waals surface area contributed by atoms with Gasteiger partial charge in [-0.05, 0) is 52.2 Å². The quantitative estimate of drug-likeness (QED) is 0.820. The lowest BCUT2D eigenvalue weighted by Crippen LogP contribution is -2.44. The standard InChI is InChI=1S/C18H28N2O.ClH/c1-14(2)19(15(3)4)12-13-20-17-10-6-5-8-16(17)9-7-11-18(20)21;/h5-6,8,10,14-15H,7,9,11-13H2,1-4H3;1H. The van der Waals surface area contributed by atoms with E-state index in [1.807, 2.05) is 11.0 Å². The Morgan fingerprint density at radius 2 is 1.73 bits per heavy atom. The van der Waals surface area contributed by atoms with Gasteiger partial charge < -0.3 is 4.90 Å². The molecule has 0 bridgehead atoms. The minimum Gasteiger partial charge on any atom is -0.311 e. The van der Waals surface area contributed by atoms with Crippen LogP contribution in [0.4, 0.5) is 5.69 Å². The summed E-state index contributed by atoms with van der Waals surface area (Å²) in [5.74, 6) is 0.271. The second-order valence-corrected chi connectivity index (χ2v) is 6.45. The van der Waals surface area contributed by atoms with E-state index in [0.29, 0.717) is 18.5 Å². The summed E-state index contributed by atoms with van der Waals surface area (Å²) in [7, 11) is 0. The van der Waals surface area contributed by atoms with Crippen molar-refractivity contribution in [1.82, 2.24) is 4.90 Å². The van der Waals surface area contributed by atoms with Crippen molar-refractivity contribution >= 4 is 24.0 Å². The summed E-state index contributed by atoms with van der Waals surface area (Å²) >= 11 is 0. The van der Waals surface area contributed by atoms with E-state index >= 15 is 0 Å². The van der Waals surface area contributed by atoms with Gasteiger partial charge in [-0.2, -0.15) is 0 Å². The monoisotopic (exact) mass is 324 g/mol. The van der Waals surface area contributed by atoms with E-state index in [-0.39, 0.29) is 18.3 Å². The third-order valence-electron chi connectivity index (χ3n) is 4.33. The maximum Gasteiger partial charge on any atom is 0.227 e. The molecule has 0 aliphatic carbocycles. The Kier molecular flexibility index (Phi) is 7.37. The molecule has 1 aromatic carbocycles. The van der Waals surface area contributed by atoms with E-state index in [4.69, 9.17) is 0 Å². The molecule has 1 aromatic rings. The highest BCUT2D eigenvalue weighted by molar-refractivity contribution is 5.94. The van der Waals surface area contributed by atoms with Crippen molar-refractivity contribution in [2.24, 2.45) is 0 Å². The molecular formula is C18H29ClN2O. The predicted molar refractivity (Wildman–Crippen MR) is 96.0 cm³/mol. The summed E-state index contributed by atoms with van der Waals surface area (Å²) in [6, 6.07) is 9.36. The number of para-hydroxylation sites is 1. The molecular weight excluding hydrogens is 296 g/mol. The Bertz CT molecular complexity index is 480. The van der Waals surface area contributed by atoms with E-state index in [1.54, 1.807) is 0 Å². The number of benzene rings is 1. The molecule has 124 valence electrons. The maximum atomic E-state index is 12.4. The number of hydrogen-bond acceptors (Lipinski definition) is 2. The predicted octanol–water partition coefficient (Wildman–Crippen LogP) is 3.90. The largest absolute Gasteiger partial charge is 0.311 e. The van der Waals surface area contributed by atoms with Crippen molar-refractivity contribution < 1.29 is 4.79 Å². The topological polar surface area (TPSA) is 23.6 Å². The Labute approximate surface area is 141 Å². The van der Waals surface area contributed by atoms with Gasteiger partial charge in [0.05, 0.1) is 0 Å². The molecule has 0 fully saturated rings. The molecule has 1 aliphatic rings. The Hall–Kier alpha value is -1.06. The van der Waals surface area contributed by atoms with Crippen LogP contribution in [0.3, 0.4) is 0 Å². The first-order valence-corrected chi connectivity index (χ1v) is 8.14. The summed E-state index contributed by atoms with van der Waals surface area (Å²) in [4.78, 5) is 16.9. The van der Waals surface area contributed by atoms with Crippen LogP contribution >= 0.6 is 12.4 Å². The molecule has 0 radical (unpaired) electrons. The van der Waals surface area contributed by atoms with E-state index < -0.39 is 0 Å². The van der Waals surface area contributed by atoms with Gasteiger partial charge in [-0.1, -0.05) is 18.2 Å². The fourth-order valence-corrected chi connectivity index (χ4v) is 3.26. The number of carbonyl (C=O) groups excluding carboxylic acids is 1. The third-order valence-corrected chi connectivity index (χ3v) is 4.33. The highest BCUT2D eigenvalue weighted by Gasteiger charge is 2.23. The first kappa shape index (κ1) is 19.0. The Balaban J connectivity index is 0.00000242. The average molecular weight is 325 g/mol. The highest BCUT2D eigenvalue weighted by Crippen LogP contribution is 2.26. The van der Waals surface area contributed by atoms with E-state index in [9.17, 15) is 4.79 Å². The van der Waals surface area contributed by atoms with Gasteiger partial charge in [0, 0.05) is 37.3 Å². The van der Waals surface area contributed by atoms with Gasteiger partial charge in [-0.15, -0.1) is 12.4 Å². The number of rotatable bonds is 5. The van der Waals surface area contributed by atoms with E-state index in [2.05, 4.69) is 50.8 Å². The molecule has 0 N–H and O–H groups in total. The number of anilines is 1. The van der Waals surface area contributed by atoms with E-state index in [1.165, 1.54) is 5.56 Å². The lowest BCUT2D eigenvalue weighted by Gasteiger charge is -2.33. The second-order valence-electron chi connectivity index (χ2n) is 6.45. The number of amides is 1. The molecule has 0 atom stereocenters. The molecule has 2 rings (SSSR count). The highest BCUT2D eigenvalue weighted by atomic mass is 35.5. The molecule has 3 nitrogen and oxygen atoms in total. The molecule has 1 amide bonds. The zero-order valence-corrected chi connectivity index (χ0v) is 15.0. The van der Waals surface area contributed by atoms with Crippen LogP contribution in [-0.2, 0) is 11.2 Å². The molecule has 1 heterocycles. The second kappa shape index (κ2) is 8.54. The van der Waals surface area contributed by atoms with Crippen LogP contribution in [0.15, 0.2) is 24.3 Å². The van der Waals surface area contributed by atoms with Crippen molar-refractivity contribution in [3.63, 3.8) is 0 Å². The molecule has 4 heteroatoms. The van der Waals surface area contributed by atoms with Crippen LogP contribution in [-0.4, -0.2) is 36.0 Å². The summed E-state index contributed by atoms with van der Waals surface area (Å²) in [6.45, 7) is 10.6. The first-order chi connectivity index (χ1) is 10.0. The zero-order valence-electron chi connectivity index (χ0n) is 14.2. The van der Waals surface area contributed by atoms with Crippen LogP contribution in [0.2, 0.25) is 0 Å². The number of fused-ring (bicyclic) bond motifs is 1. The molecule has 22 heavy (non-hydrogen) atoms. The smallest absolute Gasteiger partial charge is 0.227 e. The van der Waals surface area contributed by atoms with Crippen LogP contribution in [0, 0.1) is 0 Å². The molecule has 0 aromatic heterocycles. The first-order valence-electron chi connectivity index (χ1n) is 8.14. The zero-order chi connectivity index (χ0) is 15.4. The summed E-state index contributed by atoms with van der Waals surface area (Å²) in [5.41, 5.74) is 2.43. The number of carbonyl (C=O) groups is 1. The number of halogens is 1. The van der Waals surface area contributed by atoms with Crippen LogP contribution in [0.1, 0.15) is 46.1 Å². The van der Waals surface area contributed by atoms with Crippen molar-refractivity contribution in [2.75, 3.05) is 18.0 Å². The van der Waals surface area contributed by atoms with Crippen molar-refractivity contribution in [3.8, 4) is 0 Å². The SMILES string of the molecule is CC(C)N(CCN1C(=O)CCCc2ccccc21)C(C)C.Cl. The van der Waals surface area contributed by atoms with Crippen molar-refractivity contribution in [3.05, 3.63) is 29.8 Å². The van der Waals surface area contributed by atoms with Gasteiger partial charge in [0.25, 0.3) is 0 Å². The molecule has 0 saturated carbocycles. The van der Waals surface area contributed by atoms with Gasteiger partial charge >= 0.3 is 0 Å². The average Bonchev–Trinajstić information content (AvgIpc) is 2.58. The third kappa shape index (κ3) is 4.47. The Morgan fingerprint density at radius 1 is 1.09 bits per heavy atom. The summed E-state index contributed by atoms with van der Waals surface area (Å²) in [5, 5.41) is 0. The van der Waals surface area contributed by atoms with Gasteiger partial charge in [-0.25, -0.2) is 0 Å². The fourth-order valence-electron chi connectivity index (χ4n) is 3.26. The van der Waals surface area contributed by atoms with Crippen molar-refractivity contribution in [1.29, 1.82) is 0 Å². The van der Waals surface area contributed by atoms with Crippen molar-refractivity contribution in [2.45, 2.75) is 59.0 Å².